The molecule has 0 fully saturated rings. The monoisotopic (exact) mass is 211 g/mol. The minimum atomic E-state index is 0.353. The normalized spacial score (nSPS) is 16.5. The summed E-state index contributed by atoms with van der Waals surface area (Å²) in [6.45, 7) is 15.7. The van der Waals surface area contributed by atoms with Gasteiger partial charge in [0.25, 0.3) is 0 Å². The lowest BCUT2D eigenvalue weighted by Gasteiger charge is -2.39. The molecule has 15 heavy (non-hydrogen) atoms. The Labute approximate surface area is 96.2 Å². The molecule has 0 aromatic heterocycles. The van der Waals surface area contributed by atoms with Gasteiger partial charge >= 0.3 is 0 Å². The van der Waals surface area contributed by atoms with E-state index in [9.17, 15) is 0 Å². The zero-order chi connectivity index (χ0) is 12.2. The minimum absolute atomic E-state index is 0.353. The van der Waals surface area contributed by atoms with E-state index >= 15 is 0 Å². The van der Waals surface area contributed by atoms with Crippen molar-refractivity contribution in [2.75, 3.05) is 0 Å². The van der Waals surface area contributed by atoms with E-state index in [-0.39, 0.29) is 0 Å². The van der Waals surface area contributed by atoms with E-state index in [0.29, 0.717) is 17.3 Å². The smallest absolute Gasteiger partial charge is 0.00893 e. The second-order valence-electron chi connectivity index (χ2n) is 6.05. The quantitative estimate of drug-likeness (QED) is 0.612. The molecule has 0 aromatic rings. The molecule has 0 spiro atoms. The van der Waals surface area contributed by atoms with Crippen LogP contribution < -0.4 is 0 Å². The predicted molar refractivity (Wildman–Crippen MR) is 69.6 cm³/mol. The van der Waals surface area contributed by atoms with Gasteiger partial charge in [-0.15, -0.1) is 0 Å². The molecule has 0 heterocycles. The summed E-state index contributed by atoms with van der Waals surface area (Å²) in [5.74, 6) is 1.78. The Morgan fingerprint density at radius 2 is 1.67 bits per heavy atom. The molecule has 0 aromatic carbocycles. The molecule has 0 amide bonds. The Bertz CT molecular complexity index is 203. The van der Waals surface area contributed by atoms with Crippen LogP contribution in [0.2, 0.25) is 0 Å². The summed E-state index contributed by atoms with van der Waals surface area (Å²) in [5.41, 5.74) is 1.19. The molecule has 0 saturated carbocycles. The van der Waals surface area contributed by atoms with Crippen LogP contribution in [0.15, 0.2) is 0 Å². The van der Waals surface area contributed by atoms with Gasteiger partial charge in [0.15, 0.2) is 0 Å². The van der Waals surface area contributed by atoms with Crippen LogP contribution in [0, 0.1) is 28.6 Å². The van der Waals surface area contributed by atoms with Crippen LogP contribution in [0.1, 0.15) is 61.3 Å². The molecule has 0 saturated heterocycles. The summed E-state index contributed by atoms with van der Waals surface area (Å²) in [6, 6.07) is 0. The maximum absolute atomic E-state index is 7.83. The third-order valence-corrected chi connectivity index (χ3v) is 3.93. The molecule has 90 valence electrons. The van der Waals surface area contributed by atoms with Crippen molar-refractivity contribution in [2.45, 2.75) is 61.3 Å². The molecule has 1 heteroatoms. The maximum Gasteiger partial charge on any atom is 0.00893 e. The Balaban J connectivity index is 4.80. The van der Waals surface area contributed by atoms with E-state index in [1.54, 1.807) is 0 Å². The maximum atomic E-state index is 7.83. The Morgan fingerprint density at radius 3 is 1.93 bits per heavy atom. The highest BCUT2D eigenvalue weighted by molar-refractivity contribution is 5.81. The second-order valence-corrected chi connectivity index (χ2v) is 6.05. The highest BCUT2D eigenvalue weighted by atomic mass is 14.5. The Kier molecular flexibility index (Phi) is 5.55. The average Bonchev–Trinajstić information content (AvgIpc) is 2.12. The van der Waals surface area contributed by atoms with E-state index in [4.69, 9.17) is 5.41 Å². The van der Waals surface area contributed by atoms with Gasteiger partial charge in [-0.2, -0.15) is 0 Å². The van der Waals surface area contributed by atoms with Gasteiger partial charge in [0, 0.05) is 5.71 Å². The molecular formula is C14H29N. The summed E-state index contributed by atoms with van der Waals surface area (Å²) in [6.07, 6.45) is 2.43. The third-order valence-electron chi connectivity index (χ3n) is 3.93. The van der Waals surface area contributed by atoms with Crippen LogP contribution in [0.3, 0.4) is 0 Å². The van der Waals surface area contributed by atoms with Gasteiger partial charge in [-0.25, -0.2) is 0 Å². The van der Waals surface area contributed by atoms with Crippen LogP contribution in [0.5, 0.6) is 0 Å². The fourth-order valence-corrected chi connectivity index (χ4v) is 2.27. The van der Waals surface area contributed by atoms with Crippen LogP contribution in [0.4, 0.5) is 0 Å². The topological polar surface area (TPSA) is 23.9 Å². The van der Waals surface area contributed by atoms with Crippen LogP contribution >= 0.6 is 0 Å². The standard InChI is InChI=1S/C14H29N/c1-8-14(6,7)13(9-10(2)3)11(4)12(5)15/h10-11,13,15H,8-9H2,1-7H3. The van der Waals surface area contributed by atoms with Gasteiger partial charge < -0.3 is 5.41 Å². The van der Waals surface area contributed by atoms with Crippen molar-refractivity contribution in [3.63, 3.8) is 0 Å². The lowest BCUT2D eigenvalue weighted by molar-refractivity contribution is 0.143. The van der Waals surface area contributed by atoms with Crippen molar-refractivity contribution in [1.29, 1.82) is 5.41 Å². The molecule has 0 aliphatic rings. The van der Waals surface area contributed by atoms with Crippen molar-refractivity contribution >= 4 is 5.71 Å². The lowest BCUT2D eigenvalue weighted by Crippen LogP contribution is -2.33. The van der Waals surface area contributed by atoms with E-state index in [0.717, 1.165) is 11.6 Å². The van der Waals surface area contributed by atoms with Gasteiger partial charge in [0.1, 0.15) is 0 Å². The van der Waals surface area contributed by atoms with Gasteiger partial charge in [-0.1, -0.05) is 48.0 Å². The molecule has 0 aliphatic carbocycles. The van der Waals surface area contributed by atoms with Crippen molar-refractivity contribution in [3.05, 3.63) is 0 Å². The fraction of sp³-hybridized carbons (Fsp3) is 0.929. The van der Waals surface area contributed by atoms with Crippen molar-refractivity contribution in [2.24, 2.45) is 23.2 Å². The molecular weight excluding hydrogens is 182 g/mol. The van der Waals surface area contributed by atoms with Crippen molar-refractivity contribution in [1.82, 2.24) is 0 Å². The molecule has 0 radical (unpaired) electrons. The van der Waals surface area contributed by atoms with Crippen LogP contribution in [-0.2, 0) is 0 Å². The molecule has 0 bridgehead atoms. The van der Waals surface area contributed by atoms with Gasteiger partial charge in [-0.05, 0) is 36.5 Å². The molecule has 0 aliphatic heterocycles. The van der Waals surface area contributed by atoms with E-state index < -0.39 is 0 Å². The first-order valence-corrected chi connectivity index (χ1v) is 6.27. The molecule has 2 unspecified atom stereocenters. The highest BCUT2D eigenvalue weighted by Crippen LogP contribution is 2.40. The second kappa shape index (κ2) is 5.67. The molecule has 0 rings (SSSR count). The molecule has 2 atom stereocenters. The number of nitrogens with one attached hydrogen (secondary N) is 1. The van der Waals surface area contributed by atoms with Crippen molar-refractivity contribution in [3.8, 4) is 0 Å². The Hall–Kier alpha value is -0.330. The van der Waals surface area contributed by atoms with Gasteiger partial charge in [0.05, 0.1) is 0 Å². The summed E-state index contributed by atoms with van der Waals surface area (Å²) >= 11 is 0. The highest BCUT2D eigenvalue weighted by Gasteiger charge is 2.33. The van der Waals surface area contributed by atoms with E-state index in [1.807, 2.05) is 6.92 Å². The first-order valence-electron chi connectivity index (χ1n) is 6.27. The zero-order valence-corrected chi connectivity index (χ0v) is 11.6. The van der Waals surface area contributed by atoms with E-state index in [1.165, 1.54) is 12.8 Å². The van der Waals surface area contributed by atoms with Crippen LogP contribution in [-0.4, -0.2) is 5.71 Å². The van der Waals surface area contributed by atoms with E-state index in [2.05, 4.69) is 41.5 Å². The third kappa shape index (κ3) is 4.36. The van der Waals surface area contributed by atoms with Gasteiger partial charge in [0.2, 0.25) is 0 Å². The van der Waals surface area contributed by atoms with Crippen LogP contribution in [0.25, 0.3) is 0 Å². The summed E-state index contributed by atoms with van der Waals surface area (Å²) in [7, 11) is 0. The molecule has 1 N–H and O–H groups in total. The Morgan fingerprint density at radius 1 is 1.20 bits per heavy atom. The fourth-order valence-electron chi connectivity index (χ4n) is 2.27. The molecule has 1 nitrogen and oxygen atoms in total. The summed E-state index contributed by atoms with van der Waals surface area (Å²) in [4.78, 5) is 0. The average molecular weight is 211 g/mol. The van der Waals surface area contributed by atoms with Gasteiger partial charge in [-0.3, -0.25) is 0 Å². The minimum Gasteiger partial charge on any atom is -0.310 e. The first-order chi connectivity index (χ1) is 6.72. The number of hydrogen-bond acceptors (Lipinski definition) is 1. The number of rotatable bonds is 6. The largest absolute Gasteiger partial charge is 0.310 e. The van der Waals surface area contributed by atoms with Crippen molar-refractivity contribution < 1.29 is 0 Å². The zero-order valence-electron chi connectivity index (χ0n) is 11.6. The number of hydrogen-bond donors (Lipinski definition) is 1. The summed E-state index contributed by atoms with van der Waals surface area (Å²) in [5, 5.41) is 7.83. The first kappa shape index (κ1) is 14.7. The summed E-state index contributed by atoms with van der Waals surface area (Å²) < 4.78 is 0. The predicted octanol–water partition coefficient (Wildman–Crippen LogP) is 4.76. The SMILES string of the molecule is CCC(C)(C)C(CC(C)C)C(C)C(C)=N. The lowest BCUT2D eigenvalue weighted by atomic mass is 9.66.